The first-order valence-electron chi connectivity index (χ1n) is 5.54. The molecule has 1 heterocycles. The molecule has 0 radical (unpaired) electrons. The minimum absolute atomic E-state index is 0.484. The predicted octanol–water partition coefficient (Wildman–Crippen LogP) is 2.14. The van der Waals surface area contributed by atoms with Gasteiger partial charge in [0.25, 0.3) is 0 Å². The molecule has 2 atom stereocenters. The second-order valence-electron chi connectivity index (χ2n) is 4.21. The van der Waals surface area contributed by atoms with Crippen LogP contribution in [0.3, 0.4) is 0 Å². The van der Waals surface area contributed by atoms with Crippen LogP contribution in [0.2, 0.25) is 0 Å². The van der Waals surface area contributed by atoms with Crippen LogP contribution >= 0.6 is 0 Å². The largest absolute Gasteiger partial charge is 0.377 e. The number of hydrogen-bond acceptors (Lipinski definition) is 2. The summed E-state index contributed by atoms with van der Waals surface area (Å²) < 4.78 is 5.67. The summed E-state index contributed by atoms with van der Waals surface area (Å²) in [4.78, 5) is 2.55. The van der Waals surface area contributed by atoms with Crippen LogP contribution in [0.1, 0.15) is 34.1 Å². The fraction of sp³-hybridized carbons (Fsp3) is 1.00. The van der Waals surface area contributed by atoms with Crippen molar-refractivity contribution in [2.75, 3.05) is 19.7 Å². The SMILES string of the molecule is CCOC1C[C@@H](C(C)C)N(CC)C1. The van der Waals surface area contributed by atoms with Gasteiger partial charge in [-0.3, -0.25) is 4.90 Å². The number of likely N-dealkylation sites (tertiary alicyclic amines) is 1. The van der Waals surface area contributed by atoms with Crippen molar-refractivity contribution in [1.29, 1.82) is 0 Å². The number of hydrogen-bond donors (Lipinski definition) is 0. The molecule has 0 aromatic heterocycles. The van der Waals surface area contributed by atoms with Crippen LogP contribution in [-0.2, 0) is 4.74 Å². The Morgan fingerprint density at radius 2 is 2.08 bits per heavy atom. The van der Waals surface area contributed by atoms with Crippen molar-refractivity contribution in [1.82, 2.24) is 4.90 Å². The second-order valence-corrected chi connectivity index (χ2v) is 4.21. The highest BCUT2D eigenvalue weighted by molar-refractivity contribution is 4.87. The van der Waals surface area contributed by atoms with Crippen LogP contribution in [0.5, 0.6) is 0 Å². The fourth-order valence-corrected chi connectivity index (χ4v) is 2.30. The molecule has 0 aliphatic carbocycles. The van der Waals surface area contributed by atoms with Gasteiger partial charge in [0.1, 0.15) is 0 Å². The summed E-state index contributed by atoms with van der Waals surface area (Å²) in [6, 6.07) is 0.738. The summed E-state index contributed by atoms with van der Waals surface area (Å²) in [7, 11) is 0. The standard InChI is InChI=1S/C11H23NO/c1-5-12-8-10(13-6-2)7-11(12)9(3)4/h9-11H,5-8H2,1-4H3/t10?,11-/m0/s1. The molecule has 0 aromatic carbocycles. The lowest BCUT2D eigenvalue weighted by atomic mass is 10.0. The van der Waals surface area contributed by atoms with E-state index in [1.54, 1.807) is 0 Å². The lowest BCUT2D eigenvalue weighted by molar-refractivity contribution is 0.0693. The molecule has 0 amide bonds. The van der Waals surface area contributed by atoms with Crippen molar-refractivity contribution < 1.29 is 4.74 Å². The average Bonchev–Trinajstić information content (AvgIpc) is 2.48. The van der Waals surface area contributed by atoms with Crippen LogP contribution in [0, 0.1) is 5.92 Å². The van der Waals surface area contributed by atoms with Crippen molar-refractivity contribution in [2.45, 2.75) is 46.3 Å². The molecule has 0 bridgehead atoms. The maximum Gasteiger partial charge on any atom is 0.0716 e. The smallest absolute Gasteiger partial charge is 0.0716 e. The van der Waals surface area contributed by atoms with E-state index in [1.165, 1.54) is 6.42 Å². The van der Waals surface area contributed by atoms with Gasteiger partial charge in [0.2, 0.25) is 0 Å². The third-order valence-corrected chi connectivity index (χ3v) is 2.99. The summed E-state index contributed by atoms with van der Waals surface area (Å²) in [5.74, 6) is 0.755. The zero-order valence-corrected chi connectivity index (χ0v) is 9.42. The first kappa shape index (κ1) is 11.0. The molecule has 1 aliphatic rings. The van der Waals surface area contributed by atoms with Gasteiger partial charge < -0.3 is 4.74 Å². The Morgan fingerprint density at radius 3 is 2.46 bits per heavy atom. The Kier molecular flexibility index (Phi) is 4.20. The lowest BCUT2D eigenvalue weighted by Crippen LogP contribution is -2.33. The molecule has 0 aromatic rings. The summed E-state index contributed by atoms with van der Waals surface area (Å²) in [5, 5.41) is 0. The van der Waals surface area contributed by atoms with Crippen molar-refractivity contribution in [3.63, 3.8) is 0 Å². The van der Waals surface area contributed by atoms with Crippen LogP contribution in [0.15, 0.2) is 0 Å². The molecule has 13 heavy (non-hydrogen) atoms. The summed E-state index contributed by atoms with van der Waals surface area (Å²) in [6.45, 7) is 12.1. The highest BCUT2D eigenvalue weighted by atomic mass is 16.5. The summed E-state index contributed by atoms with van der Waals surface area (Å²) in [6.07, 6.45) is 1.71. The van der Waals surface area contributed by atoms with Crippen molar-refractivity contribution >= 4 is 0 Å². The Morgan fingerprint density at radius 1 is 1.38 bits per heavy atom. The third kappa shape index (κ3) is 2.68. The normalized spacial score (nSPS) is 30.2. The van der Waals surface area contributed by atoms with Crippen molar-refractivity contribution in [3.05, 3.63) is 0 Å². The number of rotatable bonds is 4. The summed E-state index contributed by atoms with van der Waals surface area (Å²) >= 11 is 0. The molecular weight excluding hydrogens is 162 g/mol. The fourth-order valence-electron chi connectivity index (χ4n) is 2.30. The molecule has 2 heteroatoms. The van der Waals surface area contributed by atoms with E-state index < -0.39 is 0 Å². The van der Waals surface area contributed by atoms with Crippen LogP contribution < -0.4 is 0 Å². The number of ether oxygens (including phenoxy) is 1. The Bertz CT molecular complexity index is 147. The summed E-state index contributed by atoms with van der Waals surface area (Å²) in [5.41, 5.74) is 0. The minimum atomic E-state index is 0.484. The van der Waals surface area contributed by atoms with E-state index in [0.29, 0.717) is 6.10 Å². The van der Waals surface area contributed by atoms with E-state index in [0.717, 1.165) is 31.7 Å². The third-order valence-electron chi connectivity index (χ3n) is 2.99. The van der Waals surface area contributed by atoms with Crippen LogP contribution in [-0.4, -0.2) is 36.7 Å². The van der Waals surface area contributed by atoms with Gasteiger partial charge in [0.15, 0.2) is 0 Å². The number of nitrogens with zero attached hydrogens (tertiary/aromatic N) is 1. The molecule has 1 aliphatic heterocycles. The van der Waals surface area contributed by atoms with Gasteiger partial charge in [0, 0.05) is 19.2 Å². The Hall–Kier alpha value is -0.0800. The maximum absolute atomic E-state index is 5.67. The van der Waals surface area contributed by atoms with Crippen LogP contribution in [0.25, 0.3) is 0 Å². The van der Waals surface area contributed by atoms with Crippen molar-refractivity contribution in [3.8, 4) is 0 Å². The average molecular weight is 185 g/mol. The first-order chi connectivity index (χ1) is 6.19. The minimum Gasteiger partial charge on any atom is -0.377 e. The van der Waals surface area contributed by atoms with E-state index in [9.17, 15) is 0 Å². The van der Waals surface area contributed by atoms with E-state index >= 15 is 0 Å². The van der Waals surface area contributed by atoms with Crippen molar-refractivity contribution in [2.24, 2.45) is 5.92 Å². The molecule has 2 nitrogen and oxygen atoms in total. The highest BCUT2D eigenvalue weighted by Crippen LogP contribution is 2.25. The Labute approximate surface area is 82.3 Å². The van der Waals surface area contributed by atoms with E-state index in [-0.39, 0.29) is 0 Å². The van der Waals surface area contributed by atoms with Gasteiger partial charge >= 0.3 is 0 Å². The van der Waals surface area contributed by atoms with Gasteiger partial charge in [-0.25, -0.2) is 0 Å². The topological polar surface area (TPSA) is 12.5 Å². The van der Waals surface area contributed by atoms with Gasteiger partial charge in [-0.1, -0.05) is 20.8 Å². The molecule has 0 N–H and O–H groups in total. The predicted molar refractivity (Wildman–Crippen MR) is 55.9 cm³/mol. The van der Waals surface area contributed by atoms with Gasteiger partial charge in [0.05, 0.1) is 6.10 Å². The van der Waals surface area contributed by atoms with Gasteiger partial charge in [-0.2, -0.15) is 0 Å². The molecule has 1 fully saturated rings. The Balaban J connectivity index is 2.46. The monoisotopic (exact) mass is 185 g/mol. The first-order valence-corrected chi connectivity index (χ1v) is 5.54. The molecule has 1 unspecified atom stereocenters. The molecular formula is C11H23NO. The lowest BCUT2D eigenvalue weighted by Gasteiger charge is -2.25. The van der Waals surface area contributed by atoms with Crippen LogP contribution in [0.4, 0.5) is 0 Å². The molecule has 1 saturated heterocycles. The molecule has 78 valence electrons. The molecule has 1 rings (SSSR count). The zero-order chi connectivity index (χ0) is 9.84. The zero-order valence-electron chi connectivity index (χ0n) is 9.42. The molecule has 0 saturated carbocycles. The number of likely N-dealkylation sites (N-methyl/N-ethyl adjacent to an activating group) is 1. The quantitative estimate of drug-likeness (QED) is 0.665. The van der Waals surface area contributed by atoms with E-state index in [4.69, 9.17) is 4.74 Å². The van der Waals surface area contributed by atoms with Gasteiger partial charge in [-0.05, 0) is 25.8 Å². The maximum atomic E-state index is 5.67. The second kappa shape index (κ2) is 4.97. The van der Waals surface area contributed by atoms with E-state index in [1.807, 2.05) is 0 Å². The highest BCUT2D eigenvalue weighted by Gasteiger charge is 2.32. The van der Waals surface area contributed by atoms with Gasteiger partial charge in [-0.15, -0.1) is 0 Å². The molecule has 0 spiro atoms. The van der Waals surface area contributed by atoms with E-state index in [2.05, 4.69) is 32.6 Å².